The van der Waals surface area contributed by atoms with Gasteiger partial charge in [0.25, 0.3) is 11.8 Å². The zero-order valence-electron chi connectivity index (χ0n) is 20.3. The molecule has 3 heterocycles. The van der Waals surface area contributed by atoms with E-state index >= 15 is 0 Å². The second kappa shape index (κ2) is 9.07. The summed E-state index contributed by atoms with van der Waals surface area (Å²) in [6, 6.07) is 21.2. The summed E-state index contributed by atoms with van der Waals surface area (Å²) in [6.07, 6.45) is 7.03. The Kier molecular flexibility index (Phi) is 5.57. The van der Waals surface area contributed by atoms with Crippen molar-refractivity contribution in [1.82, 2.24) is 14.7 Å². The Morgan fingerprint density at radius 2 is 1.76 bits per heavy atom. The lowest BCUT2D eigenvalue weighted by molar-refractivity contribution is -0.143. The molecule has 2 aliphatic rings. The highest BCUT2D eigenvalue weighted by Crippen LogP contribution is 2.36. The lowest BCUT2D eigenvalue weighted by Crippen LogP contribution is -2.47. The van der Waals surface area contributed by atoms with Gasteiger partial charge < -0.3 is 4.42 Å². The molecule has 6 rings (SSSR count). The lowest BCUT2D eigenvalue weighted by Gasteiger charge is -2.32. The Hall–Kier alpha value is -4.70. The summed E-state index contributed by atoms with van der Waals surface area (Å²) in [6.45, 7) is 1.66. The molecule has 2 aromatic heterocycles. The van der Waals surface area contributed by atoms with Gasteiger partial charge in [-0.1, -0.05) is 49.2 Å². The highest BCUT2D eigenvalue weighted by atomic mass is 16.3. The number of imide groups is 1. The summed E-state index contributed by atoms with van der Waals surface area (Å²) in [5.41, 5.74) is 3.54. The third-order valence-corrected chi connectivity index (χ3v) is 7.18. The van der Waals surface area contributed by atoms with E-state index in [1.165, 1.54) is 4.90 Å². The van der Waals surface area contributed by atoms with Crippen LogP contribution in [0.2, 0.25) is 0 Å². The highest BCUT2D eigenvalue weighted by molar-refractivity contribution is 6.20. The zero-order chi connectivity index (χ0) is 25.5. The van der Waals surface area contributed by atoms with Gasteiger partial charge in [-0.25, -0.2) is 4.68 Å². The molecule has 0 saturated heterocycles. The largest absolute Gasteiger partial charge is 0.454 e. The standard InChI is InChI=1S/C30H24N4O3/c1-19-24(29(35)34(23-12-6-7-13-23)30(36)25(19)17-31)15-21-18-33(22-10-3-2-4-11-22)32-28(21)27-16-20-9-5-8-14-26(20)37-27/h2-5,8-11,14-16,18,23H,6-7,12-13H2,1H3/b24-15+. The van der Waals surface area contributed by atoms with E-state index in [-0.39, 0.29) is 17.5 Å². The first kappa shape index (κ1) is 22.7. The van der Waals surface area contributed by atoms with Crippen molar-refractivity contribution >= 4 is 28.9 Å². The average Bonchev–Trinajstić information content (AvgIpc) is 3.67. The second-order valence-corrected chi connectivity index (χ2v) is 9.45. The summed E-state index contributed by atoms with van der Waals surface area (Å²) < 4.78 is 7.87. The van der Waals surface area contributed by atoms with Gasteiger partial charge in [0.2, 0.25) is 0 Å². The van der Waals surface area contributed by atoms with Crippen LogP contribution in [-0.2, 0) is 9.59 Å². The van der Waals surface area contributed by atoms with Crippen LogP contribution in [0.1, 0.15) is 38.2 Å². The molecule has 7 heteroatoms. The first-order valence-corrected chi connectivity index (χ1v) is 12.4. The molecule has 1 saturated carbocycles. The van der Waals surface area contributed by atoms with E-state index in [9.17, 15) is 14.9 Å². The number of amides is 2. The second-order valence-electron chi connectivity index (χ2n) is 9.45. The Morgan fingerprint density at radius 3 is 2.49 bits per heavy atom. The molecule has 0 unspecified atom stereocenters. The molecule has 0 bridgehead atoms. The fourth-order valence-electron chi connectivity index (χ4n) is 5.25. The summed E-state index contributed by atoms with van der Waals surface area (Å²) in [4.78, 5) is 28.1. The summed E-state index contributed by atoms with van der Waals surface area (Å²) >= 11 is 0. The fourth-order valence-corrected chi connectivity index (χ4v) is 5.25. The van der Waals surface area contributed by atoms with Crippen molar-refractivity contribution in [3.63, 3.8) is 0 Å². The third-order valence-electron chi connectivity index (χ3n) is 7.18. The van der Waals surface area contributed by atoms with E-state index < -0.39 is 5.91 Å². The molecule has 1 fully saturated rings. The van der Waals surface area contributed by atoms with Crippen LogP contribution in [0.3, 0.4) is 0 Å². The number of carbonyl (C=O) groups is 2. The molecule has 0 spiro atoms. The van der Waals surface area contributed by atoms with Gasteiger partial charge in [-0.3, -0.25) is 14.5 Å². The maximum atomic E-state index is 13.7. The number of hydrogen-bond donors (Lipinski definition) is 0. The number of nitrogens with zero attached hydrogens (tertiary/aromatic N) is 4. The number of fused-ring (bicyclic) bond motifs is 1. The van der Waals surface area contributed by atoms with E-state index in [1.807, 2.05) is 72.9 Å². The maximum Gasteiger partial charge on any atom is 0.271 e. The maximum absolute atomic E-state index is 13.7. The molecular weight excluding hydrogens is 464 g/mol. The van der Waals surface area contributed by atoms with Crippen LogP contribution >= 0.6 is 0 Å². The Bertz CT molecular complexity index is 1610. The zero-order valence-corrected chi connectivity index (χ0v) is 20.3. The van der Waals surface area contributed by atoms with Gasteiger partial charge in [0.15, 0.2) is 5.76 Å². The smallest absolute Gasteiger partial charge is 0.271 e. The molecule has 182 valence electrons. The van der Waals surface area contributed by atoms with Crippen LogP contribution in [-0.4, -0.2) is 32.5 Å². The summed E-state index contributed by atoms with van der Waals surface area (Å²) in [5, 5.41) is 15.6. The van der Waals surface area contributed by atoms with Crippen LogP contribution < -0.4 is 0 Å². The summed E-state index contributed by atoms with van der Waals surface area (Å²) in [5.74, 6) is -0.292. The molecule has 2 amide bonds. The first-order valence-electron chi connectivity index (χ1n) is 12.4. The number of rotatable bonds is 4. The average molecular weight is 489 g/mol. The predicted molar refractivity (Wildman–Crippen MR) is 139 cm³/mol. The van der Waals surface area contributed by atoms with Crippen molar-refractivity contribution in [2.45, 2.75) is 38.6 Å². The van der Waals surface area contributed by atoms with Crippen LogP contribution in [0.5, 0.6) is 0 Å². The van der Waals surface area contributed by atoms with Crippen molar-refractivity contribution in [3.8, 4) is 23.2 Å². The number of furan rings is 1. The van der Waals surface area contributed by atoms with Crippen molar-refractivity contribution in [1.29, 1.82) is 5.26 Å². The Morgan fingerprint density at radius 1 is 1.03 bits per heavy atom. The minimum Gasteiger partial charge on any atom is -0.454 e. The number of benzene rings is 2. The van der Waals surface area contributed by atoms with E-state index in [0.717, 1.165) is 42.3 Å². The molecular formula is C30H24N4O3. The topological polar surface area (TPSA) is 92.1 Å². The summed E-state index contributed by atoms with van der Waals surface area (Å²) in [7, 11) is 0. The normalized spacial score (nSPS) is 17.8. The molecule has 37 heavy (non-hydrogen) atoms. The van der Waals surface area contributed by atoms with E-state index in [2.05, 4.69) is 0 Å². The monoisotopic (exact) mass is 488 g/mol. The molecule has 1 aliphatic heterocycles. The van der Waals surface area contributed by atoms with Crippen LogP contribution in [0.4, 0.5) is 0 Å². The van der Waals surface area contributed by atoms with Crippen molar-refractivity contribution < 1.29 is 14.0 Å². The molecule has 0 N–H and O–H groups in total. The third kappa shape index (κ3) is 3.87. The van der Waals surface area contributed by atoms with E-state index in [4.69, 9.17) is 9.52 Å². The van der Waals surface area contributed by atoms with Crippen LogP contribution in [0.15, 0.2) is 88.0 Å². The van der Waals surface area contributed by atoms with Gasteiger partial charge in [0, 0.05) is 28.8 Å². The van der Waals surface area contributed by atoms with Gasteiger partial charge in [-0.05, 0) is 55.7 Å². The van der Waals surface area contributed by atoms with Gasteiger partial charge in [0.05, 0.1) is 5.69 Å². The van der Waals surface area contributed by atoms with Gasteiger partial charge in [0.1, 0.15) is 22.9 Å². The van der Waals surface area contributed by atoms with E-state index in [1.54, 1.807) is 17.7 Å². The quantitative estimate of drug-likeness (QED) is 0.267. The molecule has 7 nitrogen and oxygen atoms in total. The predicted octanol–water partition coefficient (Wildman–Crippen LogP) is 5.82. The lowest BCUT2D eigenvalue weighted by atomic mass is 9.92. The minimum atomic E-state index is -0.494. The van der Waals surface area contributed by atoms with Gasteiger partial charge >= 0.3 is 0 Å². The highest BCUT2D eigenvalue weighted by Gasteiger charge is 2.40. The SMILES string of the molecule is CC1=C(C#N)C(=O)N(C2CCCC2)C(=O)/C1=C/c1cn(-c2ccccc2)nc1-c1cc2ccccc2o1. The van der Waals surface area contributed by atoms with Crippen molar-refractivity contribution in [2.24, 2.45) is 0 Å². The van der Waals surface area contributed by atoms with Crippen LogP contribution in [0, 0.1) is 11.3 Å². The number of para-hydroxylation sites is 2. The number of nitriles is 1. The van der Waals surface area contributed by atoms with Crippen molar-refractivity contribution in [2.75, 3.05) is 0 Å². The molecule has 1 aliphatic carbocycles. The number of carbonyl (C=O) groups excluding carboxylic acids is 2. The fraction of sp³-hybridized carbons (Fsp3) is 0.200. The Labute approximate surface area is 213 Å². The molecule has 0 radical (unpaired) electrons. The first-order chi connectivity index (χ1) is 18.0. The van der Waals surface area contributed by atoms with E-state index in [0.29, 0.717) is 28.2 Å². The van der Waals surface area contributed by atoms with Crippen molar-refractivity contribution in [3.05, 3.63) is 89.1 Å². The van der Waals surface area contributed by atoms with Gasteiger partial charge in [-0.15, -0.1) is 0 Å². The van der Waals surface area contributed by atoms with Gasteiger partial charge in [-0.2, -0.15) is 10.4 Å². The molecule has 0 atom stereocenters. The number of aromatic nitrogens is 2. The number of hydrogen-bond acceptors (Lipinski definition) is 5. The Balaban J connectivity index is 1.53. The minimum absolute atomic E-state index is 0.0125. The molecule has 4 aromatic rings. The van der Waals surface area contributed by atoms with Crippen LogP contribution in [0.25, 0.3) is 34.2 Å². The molecule has 2 aromatic carbocycles.